The number of furan rings is 2. The third-order valence-corrected chi connectivity index (χ3v) is 10.8. The second kappa shape index (κ2) is 40.1. The second-order valence-electron chi connectivity index (χ2n) is 14.2. The molecule has 6 aromatic rings. The number of rotatable bonds is 16. The van der Waals surface area contributed by atoms with Gasteiger partial charge in [-0.1, -0.05) is 138 Å². The standard InChI is InChI=1S/C16H23BO3.C16H21BrO.C7H7BrO2.C7H7BrO.I3.I2.HI/c1-2-3-4-5-6-7-8-15-12-13-11-14(17(18)19)9-10-16(13)20-15;1-2-3-4-5-6-7-8-15-12-13-11-14(17)9-10-16(13)18-15;8-6-1-2-7(10)5(3-6)4-9;1-5-4-6(8)2-3-7(5)9;1-3-2;1-2;/h9-12,18-19H,2-8H2,1H3;9-12H,2-8H2,1H3;1-3,9-10H,4H2;2-4,9H,1H3;;;1H/q;;;;-1;;. The fraction of sp³-hybridized carbons (Fsp3) is 0.391. The molecule has 0 aliphatic carbocycles. The van der Waals surface area contributed by atoms with Crippen molar-refractivity contribution in [2.45, 2.75) is 117 Å². The van der Waals surface area contributed by atoms with Gasteiger partial charge in [-0.25, -0.2) is 0 Å². The average molecular weight is 1740 g/mol. The first kappa shape index (κ1) is 64.3. The molecule has 2 aromatic heterocycles. The molecule has 63 heavy (non-hydrogen) atoms. The zero-order valence-corrected chi connectivity index (χ0v) is 53.6. The van der Waals surface area contributed by atoms with Gasteiger partial charge in [0.15, 0.2) is 0 Å². The van der Waals surface area contributed by atoms with Crippen LogP contribution >= 0.6 is 146 Å². The first-order valence-electron chi connectivity index (χ1n) is 20.5. The molecular weight excluding hydrogens is 1680 g/mol. The van der Waals surface area contributed by atoms with E-state index >= 15 is 0 Å². The van der Waals surface area contributed by atoms with E-state index < -0.39 is 7.12 Å². The van der Waals surface area contributed by atoms with Crippen LogP contribution in [0.5, 0.6) is 11.5 Å². The van der Waals surface area contributed by atoms with Gasteiger partial charge in [-0.2, -0.15) is 0 Å². The van der Waals surface area contributed by atoms with Gasteiger partial charge >= 0.3 is 57.6 Å². The van der Waals surface area contributed by atoms with E-state index in [1.54, 1.807) is 36.4 Å². The summed E-state index contributed by atoms with van der Waals surface area (Å²) in [6, 6.07) is 25.9. The molecule has 0 saturated carbocycles. The van der Waals surface area contributed by atoms with E-state index in [1.165, 1.54) is 82.1 Å². The van der Waals surface area contributed by atoms with Crippen molar-refractivity contribution in [1.82, 2.24) is 0 Å². The molecule has 0 spiro atoms. The molecule has 5 N–H and O–H groups in total. The number of unbranched alkanes of at least 4 members (excludes halogenated alkanes) is 10. The number of aryl methyl sites for hydroxylation is 3. The number of hydrogen-bond acceptors (Lipinski definition) is 7. The Morgan fingerprint density at radius 3 is 1.43 bits per heavy atom. The van der Waals surface area contributed by atoms with Crippen LogP contribution in [0, 0.1) is 6.92 Å². The van der Waals surface area contributed by atoms with Crippen LogP contribution in [-0.4, -0.2) is 32.5 Å². The van der Waals surface area contributed by atoms with Crippen LogP contribution in [0.15, 0.2) is 107 Å². The zero-order chi connectivity index (χ0) is 46.3. The molecule has 4 aromatic carbocycles. The van der Waals surface area contributed by atoms with Crippen LogP contribution in [0.2, 0.25) is 0 Å². The summed E-state index contributed by atoms with van der Waals surface area (Å²) in [5.41, 5.74) is 3.75. The third-order valence-electron chi connectivity index (χ3n) is 9.34. The topological polar surface area (TPSA) is 127 Å². The monoisotopic (exact) mass is 1730 g/mol. The first-order chi connectivity index (χ1) is 29.8. The quantitative estimate of drug-likeness (QED) is 0.0371. The van der Waals surface area contributed by atoms with E-state index in [2.05, 4.69) is 148 Å². The number of benzene rings is 4. The van der Waals surface area contributed by atoms with E-state index in [0.29, 0.717) is 30.0 Å². The predicted molar refractivity (Wildman–Crippen MR) is 318 cm³/mol. The number of halogens is 9. The molecule has 0 unspecified atom stereocenters. The maximum absolute atomic E-state index is 9.16. The SMILES string of the molecule is CCCCCCCCc1cc2cc(B(O)O)ccc2o1.CCCCCCCCc1cc2cc(Br)ccc2o1.Cc1cc(Br)ccc1O.I.II.I[I-]I.OCc1cc(Br)ccc1O. The number of phenolic OH excluding ortho intramolecular Hbond substituents is 1. The smallest absolute Gasteiger partial charge is 0.121 e. The molecule has 0 aliphatic rings. The van der Waals surface area contributed by atoms with E-state index in [0.717, 1.165) is 66.3 Å². The summed E-state index contributed by atoms with van der Waals surface area (Å²) in [5, 5.41) is 47.2. The van der Waals surface area contributed by atoms with Crippen LogP contribution < -0.4 is 18.7 Å². The van der Waals surface area contributed by atoms with E-state index in [9.17, 15) is 0 Å². The second-order valence-corrected chi connectivity index (χ2v) is 33.2. The van der Waals surface area contributed by atoms with Gasteiger partial charge in [0.1, 0.15) is 34.2 Å². The summed E-state index contributed by atoms with van der Waals surface area (Å²) >= 11 is 19.5. The Bertz CT molecular complexity index is 2090. The Hall–Kier alpha value is 1.32. The van der Waals surface area contributed by atoms with Crippen molar-refractivity contribution < 1.29 is 47.5 Å². The summed E-state index contributed by atoms with van der Waals surface area (Å²) in [7, 11) is -1.42. The predicted octanol–water partition coefficient (Wildman–Crippen LogP) is 14.4. The molecule has 0 amide bonds. The zero-order valence-electron chi connectivity index (χ0n) is 35.8. The van der Waals surface area contributed by atoms with Gasteiger partial charge in [0.2, 0.25) is 0 Å². The molecule has 7 nitrogen and oxygen atoms in total. The Balaban J connectivity index is 0.000000816. The molecule has 0 saturated heterocycles. The van der Waals surface area contributed by atoms with Crippen molar-refractivity contribution in [3.63, 3.8) is 0 Å². The number of hydrogen-bond donors (Lipinski definition) is 5. The van der Waals surface area contributed by atoms with Crippen molar-refractivity contribution in [3.8, 4) is 11.5 Å². The molecule has 0 aliphatic heterocycles. The van der Waals surface area contributed by atoms with Crippen LogP contribution in [0.25, 0.3) is 21.9 Å². The van der Waals surface area contributed by atoms with Crippen LogP contribution in [-0.2, 0) is 19.4 Å². The van der Waals surface area contributed by atoms with Crippen LogP contribution in [0.4, 0.5) is 0 Å². The van der Waals surface area contributed by atoms with Crippen LogP contribution in [0.1, 0.15) is 114 Å². The van der Waals surface area contributed by atoms with Crippen molar-refractivity contribution in [1.29, 1.82) is 0 Å². The van der Waals surface area contributed by atoms with Gasteiger partial charge in [0.05, 0.1) is 6.61 Å². The first-order valence-corrected chi connectivity index (χ1v) is 41.7. The number of aromatic hydroxyl groups is 2. The molecule has 0 atom stereocenters. The number of aliphatic hydroxyl groups excluding tert-OH is 1. The summed E-state index contributed by atoms with van der Waals surface area (Å²) in [6.45, 7) is 6.21. The van der Waals surface area contributed by atoms with Gasteiger partial charge in [0.25, 0.3) is 0 Å². The average Bonchev–Trinajstić information content (AvgIpc) is 3.87. The van der Waals surface area contributed by atoms with Gasteiger partial charge in [0, 0.05) is 79.8 Å². The van der Waals surface area contributed by atoms with Gasteiger partial charge in [-0.3, -0.25) is 0 Å². The molecule has 0 radical (unpaired) electrons. The van der Waals surface area contributed by atoms with Gasteiger partial charge in [-0.05, 0) is 104 Å². The fourth-order valence-corrected chi connectivity index (χ4v) is 7.31. The summed E-state index contributed by atoms with van der Waals surface area (Å²) in [5.74, 6) is 2.59. The van der Waals surface area contributed by atoms with Crippen molar-refractivity contribution in [3.05, 3.63) is 121 Å². The number of fused-ring (bicyclic) bond motifs is 2. The molecule has 2 heterocycles. The maximum Gasteiger partial charge on any atom is 0.121 e. The minimum Gasteiger partial charge on any atom is -0.508 e. The summed E-state index contributed by atoms with van der Waals surface area (Å²) < 4.78 is 14.6. The van der Waals surface area contributed by atoms with E-state index in [-0.39, 0.29) is 36.3 Å². The molecule has 352 valence electrons. The van der Waals surface area contributed by atoms with E-state index in [1.807, 2.05) is 37.3 Å². The van der Waals surface area contributed by atoms with Gasteiger partial charge in [-0.15, -0.1) is 24.0 Å². The Kier molecular flexibility index (Phi) is 40.9. The number of aliphatic hydroxyl groups is 1. The molecule has 6 rings (SSSR count). The fourth-order valence-electron chi connectivity index (χ4n) is 6.05. The van der Waals surface area contributed by atoms with Crippen molar-refractivity contribution >= 4 is 181 Å². The molecule has 0 bridgehead atoms. The number of phenols is 2. The maximum atomic E-state index is 9.16. The van der Waals surface area contributed by atoms with Crippen molar-refractivity contribution in [2.75, 3.05) is 0 Å². The Morgan fingerprint density at radius 1 is 0.571 bits per heavy atom. The summed E-state index contributed by atoms with van der Waals surface area (Å²) in [6.07, 6.45) is 17.7. The Labute approximate surface area is 470 Å². The summed E-state index contributed by atoms with van der Waals surface area (Å²) in [4.78, 5) is 0. The van der Waals surface area contributed by atoms with Gasteiger partial charge < -0.3 is 34.2 Å². The van der Waals surface area contributed by atoms with Crippen LogP contribution in [0.3, 0.4) is 0 Å². The third kappa shape index (κ3) is 28.6. The van der Waals surface area contributed by atoms with E-state index in [4.69, 9.17) is 34.2 Å². The molecule has 17 heteroatoms. The minimum absolute atomic E-state index is 0. The Morgan fingerprint density at radius 2 is 0.984 bits per heavy atom. The molecular formula is C46H59BBr3I6O7-. The molecule has 0 fully saturated rings. The normalized spacial score (nSPS) is 10.1. The minimum atomic E-state index is -1.42. The largest absolute Gasteiger partial charge is 0.508 e. The van der Waals surface area contributed by atoms with Crippen molar-refractivity contribution in [2.24, 2.45) is 0 Å².